The molecule has 0 radical (unpaired) electrons. The normalized spacial score (nSPS) is 20.7. The zero-order chi connectivity index (χ0) is 14.4. The number of rotatable bonds is 7. The molecule has 114 valence electrons. The fraction of sp³-hybridized carbons (Fsp3) is 0.857. The molecule has 1 aromatic heterocycles. The van der Waals surface area contributed by atoms with Gasteiger partial charge in [0.15, 0.2) is 0 Å². The number of ether oxygens (including phenoxy) is 1. The molecule has 1 N–H and O–H groups in total. The Morgan fingerprint density at radius 1 is 1.45 bits per heavy atom. The fourth-order valence-corrected chi connectivity index (χ4v) is 2.34. The molecule has 1 saturated heterocycles. The van der Waals surface area contributed by atoms with E-state index >= 15 is 0 Å². The number of nitrogens with one attached hydrogen (secondary N) is 1. The molecule has 6 nitrogen and oxygen atoms in total. The van der Waals surface area contributed by atoms with Crippen molar-refractivity contribution in [2.75, 3.05) is 32.8 Å². The number of hydrogen-bond acceptors (Lipinski definition) is 5. The summed E-state index contributed by atoms with van der Waals surface area (Å²) in [5.74, 6) is 0.660. The van der Waals surface area contributed by atoms with E-state index in [1.54, 1.807) is 0 Å². The van der Waals surface area contributed by atoms with Gasteiger partial charge in [0.05, 0.1) is 25.5 Å². The van der Waals surface area contributed by atoms with Crippen molar-refractivity contribution in [1.82, 2.24) is 25.2 Å². The predicted octanol–water partition coefficient (Wildman–Crippen LogP) is 0.744. The van der Waals surface area contributed by atoms with Crippen LogP contribution in [0.4, 0.5) is 0 Å². The summed E-state index contributed by atoms with van der Waals surface area (Å²) in [6.45, 7) is 13.0. The van der Waals surface area contributed by atoms with Crippen molar-refractivity contribution in [1.29, 1.82) is 0 Å². The first-order valence-electron chi connectivity index (χ1n) is 7.56. The topological polar surface area (TPSA) is 55.2 Å². The van der Waals surface area contributed by atoms with Gasteiger partial charge in [0.2, 0.25) is 0 Å². The average molecular weight is 281 g/mol. The van der Waals surface area contributed by atoms with Crippen LogP contribution in [0.25, 0.3) is 0 Å². The second-order valence-electron chi connectivity index (χ2n) is 5.96. The molecule has 2 heterocycles. The minimum absolute atomic E-state index is 0.499. The van der Waals surface area contributed by atoms with E-state index in [1.165, 1.54) is 0 Å². The molecule has 1 atom stereocenters. The Hall–Kier alpha value is -0.980. The highest BCUT2D eigenvalue weighted by Crippen LogP contribution is 2.06. The summed E-state index contributed by atoms with van der Waals surface area (Å²) < 4.78 is 7.39. The van der Waals surface area contributed by atoms with E-state index in [4.69, 9.17) is 4.74 Å². The first-order chi connectivity index (χ1) is 9.65. The first-order valence-corrected chi connectivity index (χ1v) is 7.56. The summed E-state index contributed by atoms with van der Waals surface area (Å²) in [6.07, 6.45) is 2.04. The molecule has 1 aromatic rings. The first kappa shape index (κ1) is 15.4. The lowest BCUT2D eigenvalue weighted by Gasteiger charge is -2.32. The minimum atomic E-state index is 0.499. The number of aromatic nitrogens is 3. The highest BCUT2D eigenvalue weighted by molar-refractivity contribution is 4.91. The second-order valence-corrected chi connectivity index (χ2v) is 5.96. The second kappa shape index (κ2) is 7.71. The summed E-state index contributed by atoms with van der Waals surface area (Å²) >= 11 is 0. The maximum absolute atomic E-state index is 5.45. The SMILES string of the molecule is CC(C)CNCc1cn(CCN2CCOCC2C)nn1. The van der Waals surface area contributed by atoms with Gasteiger partial charge in [0.25, 0.3) is 0 Å². The maximum atomic E-state index is 5.45. The summed E-state index contributed by atoms with van der Waals surface area (Å²) in [5, 5.41) is 11.8. The molecule has 0 bridgehead atoms. The van der Waals surface area contributed by atoms with Gasteiger partial charge in [-0.2, -0.15) is 0 Å². The van der Waals surface area contributed by atoms with Crippen molar-refractivity contribution in [2.45, 2.75) is 39.9 Å². The molecule has 0 aromatic carbocycles. The molecule has 0 aliphatic carbocycles. The molecule has 20 heavy (non-hydrogen) atoms. The minimum Gasteiger partial charge on any atom is -0.379 e. The molecular weight excluding hydrogens is 254 g/mol. The third-order valence-corrected chi connectivity index (χ3v) is 3.57. The van der Waals surface area contributed by atoms with Crippen LogP contribution in [-0.2, 0) is 17.8 Å². The number of hydrogen-bond donors (Lipinski definition) is 1. The van der Waals surface area contributed by atoms with Crippen LogP contribution in [0.5, 0.6) is 0 Å². The third-order valence-electron chi connectivity index (χ3n) is 3.57. The van der Waals surface area contributed by atoms with Crippen molar-refractivity contribution in [2.24, 2.45) is 5.92 Å². The molecule has 1 aliphatic heterocycles. The van der Waals surface area contributed by atoms with Crippen molar-refractivity contribution >= 4 is 0 Å². The van der Waals surface area contributed by atoms with Gasteiger partial charge in [-0.25, -0.2) is 0 Å². The van der Waals surface area contributed by atoms with Crippen molar-refractivity contribution in [3.8, 4) is 0 Å². The van der Waals surface area contributed by atoms with Crippen LogP contribution in [-0.4, -0.2) is 58.8 Å². The standard InChI is InChI=1S/C14H27N5O/c1-12(2)8-15-9-14-10-19(17-16-14)5-4-18-6-7-20-11-13(18)3/h10,12-13,15H,4-9,11H2,1-3H3. The highest BCUT2D eigenvalue weighted by atomic mass is 16.5. The monoisotopic (exact) mass is 281 g/mol. The van der Waals surface area contributed by atoms with E-state index in [9.17, 15) is 0 Å². The Morgan fingerprint density at radius 3 is 3.05 bits per heavy atom. The predicted molar refractivity (Wildman–Crippen MR) is 78.4 cm³/mol. The van der Waals surface area contributed by atoms with Crippen molar-refractivity contribution in [3.63, 3.8) is 0 Å². The Labute approximate surface area is 121 Å². The lowest BCUT2D eigenvalue weighted by atomic mass is 10.2. The average Bonchev–Trinajstić information content (AvgIpc) is 2.85. The largest absolute Gasteiger partial charge is 0.379 e. The van der Waals surface area contributed by atoms with Crippen LogP contribution >= 0.6 is 0 Å². The summed E-state index contributed by atoms with van der Waals surface area (Å²) in [5.41, 5.74) is 1.01. The Balaban J connectivity index is 1.72. The van der Waals surface area contributed by atoms with E-state index in [0.717, 1.165) is 51.6 Å². The van der Waals surface area contributed by atoms with Crippen LogP contribution in [0.15, 0.2) is 6.20 Å². The lowest BCUT2D eigenvalue weighted by molar-refractivity contribution is -0.00209. The van der Waals surface area contributed by atoms with Gasteiger partial charge < -0.3 is 10.1 Å². The molecule has 0 amide bonds. The Morgan fingerprint density at radius 2 is 2.30 bits per heavy atom. The van der Waals surface area contributed by atoms with E-state index < -0.39 is 0 Å². The van der Waals surface area contributed by atoms with Gasteiger partial charge >= 0.3 is 0 Å². The molecule has 0 spiro atoms. The van der Waals surface area contributed by atoms with E-state index in [1.807, 2.05) is 10.9 Å². The quantitative estimate of drug-likeness (QED) is 0.799. The van der Waals surface area contributed by atoms with Gasteiger partial charge in [0.1, 0.15) is 0 Å². The smallest absolute Gasteiger partial charge is 0.0964 e. The zero-order valence-electron chi connectivity index (χ0n) is 12.9. The highest BCUT2D eigenvalue weighted by Gasteiger charge is 2.18. The number of morpholine rings is 1. The lowest BCUT2D eigenvalue weighted by Crippen LogP contribution is -2.44. The molecule has 1 aliphatic rings. The maximum Gasteiger partial charge on any atom is 0.0964 e. The summed E-state index contributed by atoms with van der Waals surface area (Å²) in [7, 11) is 0. The molecular formula is C14H27N5O. The summed E-state index contributed by atoms with van der Waals surface area (Å²) in [6, 6.07) is 0.499. The van der Waals surface area contributed by atoms with Crippen molar-refractivity contribution < 1.29 is 4.74 Å². The molecule has 2 rings (SSSR count). The Bertz CT molecular complexity index is 393. The van der Waals surface area contributed by atoms with Crippen LogP contribution in [0, 0.1) is 5.92 Å². The summed E-state index contributed by atoms with van der Waals surface area (Å²) in [4.78, 5) is 2.45. The van der Waals surface area contributed by atoms with Gasteiger partial charge in [-0.05, 0) is 19.4 Å². The van der Waals surface area contributed by atoms with Crippen LogP contribution in [0.1, 0.15) is 26.5 Å². The van der Waals surface area contributed by atoms with Gasteiger partial charge in [0, 0.05) is 31.9 Å². The Kier molecular flexibility index (Phi) is 5.94. The molecule has 1 unspecified atom stereocenters. The van der Waals surface area contributed by atoms with Crippen LogP contribution in [0.2, 0.25) is 0 Å². The zero-order valence-corrected chi connectivity index (χ0v) is 12.9. The number of nitrogens with zero attached hydrogens (tertiary/aromatic N) is 4. The molecule has 6 heteroatoms. The van der Waals surface area contributed by atoms with E-state index in [2.05, 4.69) is 41.3 Å². The van der Waals surface area contributed by atoms with Crippen molar-refractivity contribution in [3.05, 3.63) is 11.9 Å². The molecule has 1 fully saturated rings. The fourth-order valence-electron chi connectivity index (χ4n) is 2.34. The van der Waals surface area contributed by atoms with Gasteiger partial charge in [-0.15, -0.1) is 5.10 Å². The molecule has 0 saturated carbocycles. The van der Waals surface area contributed by atoms with Crippen LogP contribution < -0.4 is 5.32 Å². The van der Waals surface area contributed by atoms with Gasteiger partial charge in [-0.1, -0.05) is 19.1 Å². The third kappa shape index (κ3) is 4.85. The van der Waals surface area contributed by atoms with Gasteiger partial charge in [-0.3, -0.25) is 9.58 Å². The van der Waals surface area contributed by atoms with E-state index in [0.29, 0.717) is 12.0 Å². The van der Waals surface area contributed by atoms with E-state index in [-0.39, 0.29) is 0 Å². The van der Waals surface area contributed by atoms with Crippen LogP contribution in [0.3, 0.4) is 0 Å².